The maximum absolute atomic E-state index is 13.9. The van der Waals surface area contributed by atoms with Gasteiger partial charge in [-0.2, -0.15) is 10.1 Å². The van der Waals surface area contributed by atoms with E-state index < -0.39 is 0 Å². The van der Waals surface area contributed by atoms with Gasteiger partial charge in [0.25, 0.3) is 5.91 Å². The number of aryl methyl sites for hydroxylation is 1. The van der Waals surface area contributed by atoms with Gasteiger partial charge in [-0.15, -0.1) is 0 Å². The summed E-state index contributed by atoms with van der Waals surface area (Å²) in [4.78, 5) is 20.2. The number of carbonyl (C=O) groups excluding carboxylic acids is 1. The summed E-state index contributed by atoms with van der Waals surface area (Å²) >= 11 is 0. The third kappa shape index (κ3) is 3.43. The molecule has 6 heteroatoms. The number of hydrogen-bond acceptors (Lipinski definition) is 4. The first-order valence-electron chi connectivity index (χ1n) is 10.6. The van der Waals surface area contributed by atoms with Crippen LogP contribution in [0.2, 0.25) is 0 Å². The van der Waals surface area contributed by atoms with Gasteiger partial charge < -0.3 is 4.74 Å². The van der Waals surface area contributed by atoms with Crippen molar-refractivity contribution in [2.75, 3.05) is 12.0 Å². The van der Waals surface area contributed by atoms with Gasteiger partial charge in [0.2, 0.25) is 5.95 Å². The minimum absolute atomic E-state index is 0.0262. The first-order chi connectivity index (χ1) is 15.7. The molecule has 0 bridgehead atoms. The molecule has 1 amide bonds. The summed E-state index contributed by atoms with van der Waals surface area (Å²) in [5.74, 6) is 1.26. The van der Waals surface area contributed by atoms with Gasteiger partial charge in [-0.1, -0.05) is 60.7 Å². The Hall–Kier alpha value is -3.93. The number of rotatable bonds is 4. The summed E-state index contributed by atoms with van der Waals surface area (Å²) in [6.45, 7) is 1.96. The molecule has 4 aromatic rings. The lowest BCUT2D eigenvalue weighted by molar-refractivity contribution is 0.0962. The zero-order valence-electron chi connectivity index (χ0n) is 18.1. The number of fused-ring (bicyclic) bond motifs is 1. The molecule has 6 nitrogen and oxygen atoms in total. The molecule has 0 fully saturated rings. The van der Waals surface area contributed by atoms with Crippen LogP contribution in [-0.2, 0) is 0 Å². The molecule has 1 aromatic heterocycles. The molecule has 3 aromatic carbocycles. The van der Waals surface area contributed by atoms with Crippen molar-refractivity contribution in [3.8, 4) is 5.75 Å². The van der Waals surface area contributed by atoms with Crippen LogP contribution in [0.15, 0.2) is 85.2 Å². The van der Waals surface area contributed by atoms with Crippen LogP contribution >= 0.6 is 0 Å². The van der Waals surface area contributed by atoms with E-state index in [1.54, 1.807) is 12.0 Å². The topological polar surface area (TPSA) is 60.2 Å². The molecule has 0 N–H and O–H groups in total. The number of carbonyl (C=O) groups is 1. The Bertz CT molecular complexity index is 1230. The highest BCUT2D eigenvalue weighted by Gasteiger charge is 2.40. The minimum atomic E-state index is -0.199. The highest BCUT2D eigenvalue weighted by atomic mass is 16.5. The number of benzene rings is 3. The van der Waals surface area contributed by atoms with Crippen LogP contribution in [0, 0.1) is 6.92 Å². The summed E-state index contributed by atoms with van der Waals surface area (Å²) in [6, 6.07) is 25.6. The Morgan fingerprint density at radius 3 is 2.31 bits per heavy atom. The van der Waals surface area contributed by atoms with Crippen molar-refractivity contribution in [2.24, 2.45) is 0 Å². The summed E-state index contributed by atoms with van der Waals surface area (Å²) in [5, 5.41) is 4.51. The number of ether oxygens (including phenoxy) is 1. The summed E-state index contributed by atoms with van der Waals surface area (Å²) in [6.07, 6.45) is 2.21. The molecule has 0 saturated heterocycles. The number of anilines is 1. The molecule has 1 aliphatic heterocycles. The van der Waals surface area contributed by atoms with E-state index in [4.69, 9.17) is 4.74 Å². The largest absolute Gasteiger partial charge is 0.497 e. The van der Waals surface area contributed by atoms with Gasteiger partial charge in [-0.05, 0) is 48.2 Å². The van der Waals surface area contributed by atoms with Crippen molar-refractivity contribution < 1.29 is 9.53 Å². The second kappa shape index (κ2) is 8.30. The number of nitrogens with zero attached hydrogens (tertiary/aromatic N) is 4. The van der Waals surface area contributed by atoms with Gasteiger partial charge in [0.1, 0.15) is 12.1 Å². The van der Waals surface area contributed by atoms with E-state index in [1.807, 2.05) is 78.3 Å². The second-order valence-corrected chi connectivity index (χ2v) is 7.95. The molecule has 0 spiro atoms. The van der Waals surface area contributed by atoms with Gasteiger partial charge in [0.15, 0.2) is 0 Å². The lowest BCUT2D eigenvalue weighted by Gasteiger charge is -2.39. The molecule has 0 radical (unpaired) electrons. The van der Waals surface area contributed by atoms with Crippen LogP contribution in [0.25, 0.3) is 0 Å². The second-order valence-electron chi connectivity index (χ2n) is 7.95. The van der Waals surface area contributed by atoms with E-state index in [2.05, 4.69) is 22.2 Å². The first-order valence-corrected chi connectivity index (χ1v) is 10.6. The zero-order valence-corrected chi connectivity index (χ0v) is 18.1. The first kappa shape index (κ1) is 20.0. The van der Waals surface area contributed by atoms with E-state index in [-0.39, 0.29) is 18.0 Å². The monoisotopic (exact) mass is 424 g/mol. The van der Waals surface area contributed by atoms with Crippen LogP contribution < -0.4 is 9.64 Å². The number of amides is 1. The number of methoxy groups -OCH3 is 1. The van der Waals surface area contributed by atoms with Crippen molar-refractivity contribution in [3.63, 3.8) is 0 Å². The average Bonchev–Trinajstić information content (AvgIpc) is 3.33. The zero-order chi connectivity index (χ0) is 22.1. The summed E-state index contributed by atoms with van der Waals surface area (Å²) < 4.78 is 7.21. The van der Waals surface area contributed by atoms with Crippen molar-refractivity contribution >= 4 is 11.9 Å². The smallest absolute Gasteiger partial charge is 0.261 e. The molecule has 0 unspecified atom stereocenters. The number of hydrogen-bond donors (Lipinski definition) is 0. The molecule has 160 valence electrons. The highest BCUT2D eigenvalue weighted by molar-refractivity contribution is 6.06. The fraction of sp³-hybridized carbons (Fsp3) is 0.192. The van der Waals surface area contributed by atoms with E-state index in [0.29, 0.717) is 17.9 Å². The Labute approximate surface area is 187 Å². The maximum Gasteiger partial charge on any atom is 0.261 e. The number of aromatic nitrogens is 3. The van der Waals surface area contributed by atoms with Crippen molar-refractivity contribution in [2.45, 2.75) is 25.4 Å². The van der Waals surface area contributed by atoms with Crippen LogP contribution in [0.1, 0.15) is 45.6 Å². The van der Waals surface area contributed by atoms with Crippen LogP contribution in [0.5, 0.6) is 5.75 Å². The molecule has 2 atom stereocenters. The molecule has 0 saturated carbocycles. The van der Waals surface area contributed by atoms with Gasteiger partial charge in [-0.25, -0.2) is 4.68 Å². The lowest BCUT2D eigenvalue weighted by Crippen LogP contribution is -2.42. The molecule has 2 heterocycles. The fourth-order valence-corrected chi connectivity index (χ4v) is 4.43. The SMILES string of the molecule is COc1ccc([C@@H]2C[C@@H](c3ccccc3)n3ncnc3N2C(=O)c2ccccc2C)cc1. The minimum Gasteiger partial charge on any atom is -0.497 e. The van der Waals surface area contributed by atoms with Crippen molar-refractivity contribution in [1.29, 1.82) is 0 Å². The third-order valence-electron chi connectivity index (χ3n) is 6.10. The Balaban J connectivity index is 1.65. The summed E-state index contributed by atoms with van der Waals surface area (Å²) in [5.41, 5.74) is 3.77. The van der Waals surface area contributed by atoms with Crippen LogP contribution in [0.3, 0.4) is 0 Å². The van der Waals surface area contributed by atoms with Crippen molar-refractivity contribution in [3.05, 3.63) is 107 Å². The highest BCUT2D eigenvalue weighted by Crippen LogP contribution is 2.42. The van der Waals surface area contributed by atoms with Crippen LogP contribution in [-0.4, -0.2) is 27.8 Å². The van der Waals surface area contributed by atoms with E-state index in [9.17, 15) is 4.79 Å². The molecule has 0 aliphatic carbocycles. The fourth-order valence-electron chi connectivity index (χ4n) is 4.43. The standard InChI is InChI=1S/C26H24N4O2/c1-18-8-6-7-11-22(18)25(31)29-23(20-12-14-21(32-2)15-13-20)16-24(19-9-4-3-5-10-19)30-26(29)27-17-28-30/h3-15,17,23-24H,16H2,1-2H3/t23-,24-/m0/s1. The van der Waals surface area contributed by atoms with E-state index >= 15 is 0 Å². The Morgan fingerprint density at radius 1 is 0.906 bits per heavy atom. The maximum atomic E-state index is 13.9. The van der Waals surface area contributed by atoms with Gasteiger partial charge >= 0.3 is 0 Å². The summed E-state index contributed by atoms with van der Waals surface area (Å²) in [7, 11) is 1.65. The predicted octanol–water partition coefficient (Wildman–Crippen LogP) is 4.98. The molecular formula is C26H24N4O2. The van der Waals surface area contributed by atoms with Crippen LogP contribution in [0.4, 0.5) is 5.95 Å². The molecule has 32 heavy (non-hydrogen) atoms. The normalized spacial score (nSPS) is 17.6. The predicted molar refractivity (Wildman–Crippen MR) is 123 cm³/mol. The van der Waals surface area contributed by atoms with Gasteiger partial charge in [-0.3, -0.25) is 9.69 Å². The lowest BCUT2D eigenvalue weighted by atomic mass is 9.91. The third-order valence-corrected chi connectivity index (χ3v) is 6.10. The quantitative estimate of drug-likeness (QED) is 0.464. The molecular weight excluding hydrogens is 400 g/mol. The van der Waals surface area contributed by atoms with Crippen molar-refractivity contribution in [1.82, 2.24) is 14.8 Å². The van der Waals surface area contributed by atoms with E-state index in [0.717, 1.165) is 22.4 Å². The van der Waals surface area contributed by atoms with Gasteiger partial charge in [0.05, 0.1) is 19.2 Å². The molecule has 1 aliphatic rings. The Kier molecular flexibility index (Phi) is 5.19. The van der Waals surface area contributed by atoms with E-state index in [1.165, 1.54) is 6.33 Å². The van der Waals surface area contributed by atoms with Gasteiger partial charge in [0, 0.05) is 5.56 Å². The average molecular weight is 425 g/mol. The molecule has 5 rings (SSSR count). The Morgan fingerprint density at radius 2 is 1.59 bits per heavy atom.